The molecule has 0 saturated carbocycles. The Kier molecular flexibility index (Phi) is 6.10. The number of carbonyl (C=O) groups excluding carboxylic acids is 2. The number of hydrogen-bond acceptors (Lipinski definition) is 5. The molecule has 0 N–H and O–H groups in total. The summed E-state index contributed by atoms with van der Waals surface area (Å²) in [4.78, 5) is 25.8. The molecule has 0 aromatic heterocycles. The van der Waals surface area contributed by atoms with E-state index in [9.17, 15) is 9.59 Å². The number of ether oxygens (including phenoxy) is 3. The van der Waals surface area contributed by atoms with E-state index in [1.165, 1.54) is 13.2 Å². The highest BCUT2D eigenvalue weighted by Crippen LogP contribution is 2.32. The summed E-state index contributed by atoms with van der Waals surface area (Å²) >= 11 is 0. The summed E-state index contributed by atoms with van der Waals surface area (Å²) in [6.07, 6.45) is 3.40. The Morgan fingerprint density at radius 2 is 1.89 bits per heavy atom. The van der Waals surface area contributed by atoms with Crippen molar-refractivity contribution in [3.8, 4) is 11.5 Å². The summed E-state index contributed by atoms with van der Waals surface area (Å²) < 4.78 is 15.4. The summed E-state index contributed by atoms with van der Waals surface area (Å²) in [5.74, 6) is 0.814. The molecular weight excluding hydrogens is 346 g/mol. The first-order chi connectivity index (χ1) is 13.2. The maximum absolute atomic E-state index is 12.7. The third-order valence-electron chi connectivity index (χ3n) is 4.15. The van der Waals surface area contributed by atoms with Gasteiger partial charge in [-0.05, 0) is 29.3 Å². The van der Waals surface area contributed by atoms with Gasteiger partial charge in [0.2, 0.25) is 12.7 Å². The van der Waals surface area contributed by atoms with Gasteiger partial charge in [0.05, 0.1) is 13.5 Å². The first kappa shape index (κ1) is 18.5. The minimum atomic E-state index is -0.356. The summed E-state index contributed by atoms with van der Waals surface area (Å²) in [5, 5.41) is 0. The molecule has 3 rings (SSSR count). The summed E-state index contributed by atoms with van der Waals surface area (Å²) in [6.45, 7) is 0.814. The zero-order chi connectivity index (χ0) is 19.1. The van der Waals surface area contributed by atoms with Gasteiger partial charge in [0, 0.05) is 19.2 Å². The lowest BCUT2D eigenvalue weighted by atomic mass is 10.1. The second-order valence-electron chi connectivity index (χ2n) is 6.02. The van der Waals surface area contributed by atoms with E-state index in [0.29, 0.717) is 18.0 Å². The molecule has 6 heteroatoms. The molecular formula is C21H21NO5. The lowest BCUT2D eigenvalue weighted by Gasteiger charge is -2.21. The Balaban J connectivity index is 1.72. The zero-order valence-corrected chi connectivity index (χ0v) is 15.1. The van der Waals surface area contributed by atoms with Gasteiger partial charge in [0.25, 0.3) is 0 Å². The minimum Gasteiger partial charge on any atom is -0.469 e. The molecule has 1 amide bonds. The van der Waals surface area contributed by atoms with Gasteiger partial charge in [-0.3, -0.25) is 9.59 Å². The molecule has 1 aliphatic rings. The van der Waals surface area contributed by atoms with E-state index in [2.05, 4.69) is 4.74 Å². The second-order valence-corrected chi connectivity index (χ2v) is 6.02. The summed E-state index contributed by atoms with van der Waals surface area (Å²) in [6, 6.07) is 15.1. The zero-order valence-electron chi connectivity index (χ0n) is 15.1. The van der Waals surface area contributed by atoms with Gasteiger partial charge in [-0.1, -0.05) is 36.4 Å². The van der Waals surface area contributed by atoms with Gasteiger partial charge < -0.3 is 19.1 Å². The SMILES string of the molecule is COC(=O)CCN(Cc1ccc2c(c1)OCO2)C(=O)/C=C/c1ccccc1. The lowest BCUT2D eigenvalue weighted by molar-refractivity contribution is -0.141. The van der Waals surface area contributed by atoms with Crippen LogP contribution in [0.15, 0.2) is 54.6 Å². The van der Waals surface area contributed by atoms with Crippen LogP contribution >= 0.6 is 0 Å². The average molecular weight is 367 g/mol. The van der Waals surface area contributed by atoms with Crippen LogP contribution in [0.3, 0.4) is 0 Å². The highest BCUT2D eigenvalue weighted by Gasteiger charge is 2.17. The van der Waals surface area contributed by atoms with Crippen LogP contribution in [0.5, 0.6) is 11.5 Å². The lowest BCUT2D eigenvalue weighted by Crippen LogP contribution is -2.31. The van der Waals surface area contributed by atoms with E-state index >= 15 is 0 Å². The van der Waals surface area contributed by atoms with E-state index in [-0.39, 0.29) is 31.6 Å². The first-order valence-electron chi connectivity index (χ1n) is 8.63. The van der Waals surface area contributed by atoms with Gasteiger partial charge in [-0.2, -0.15) is 0 Å². The van der Waals surface area contributed by atoms with Crippen molar-refractivity contribution >= 4 is 18.0 Å². The topological polar surface area (TPSA) is 65.1 Å². The van der Waals surface area contributed by atoms with Crippen LogP contribution in [0.4, 0.5) is 0 Å². The molecule has 0 radical (unpaired) electrons. The molecule has 6 nitrogen and oxygen atoms in total. The van der Waals surface area contributed by atoms with Gasteiger partial charge in [0.15, 0.2) is 11.5 Å². The smallest absolute Gasteiger partial charge is 0.307 e. The summed E-state index contributed by atoms with van der Waals surface area (Å²) in [5.41, 5.74) is 1.83. The van der Waals surface area contributed by atoms with E-state index in [1.54, 1.807) is 11.0 Å². The third-order valence-corrected chi connectivity index (χ3v) is 4.15. The van der Waals surface area contributed by atoms with Crippen LogP contribution in [0.1, 0.15) is 17.5 Å². The molecule has 1 heterocycles. The predicted octanol–water partition coefficient (Wildman–Crippen LogP) is 3.02. The minimum absolute atomic E-state index is 0.131. The van der Waals surface area contributed by atoms with E-state index in [4.69, 9.17) is 9.47 Å². The van der Waals surface area contributed by atoms with Crippen molar-refractivity contribution < 1.29 is 23.8 Å². The molecule has 0 aliphatic carbocycles. The van der Waals surface area contributed by atoms with Gasteiger partial charge >= 0.3 is 5.97 Å². The molecule has 1 aliphatic heterocycles. The van der Waals surface area contributed by atoms with Crippen molar-refractivity contribution in [3.05, 3.63) is 65.7 Å². The monoisotopic (exact) mass is 367 g/mol. The number of carbonyl (C=O) groups is 2. The normalized spacial score (nSPS) is 12.2. The van der Waals surface area contributed by atoms with Crippen LogP contribution < -0.4 is 9.47 Å². The Labute approximate surface area is 158 Å². The fourth-order valence-corrected chi connectivity index (χ4v) is 2.69. The number of methoxy groups -OCH3 is 1. The van der Waals surface area contributed by atoms with Crippen molar-refractivity contribution in [3.63, 3.8) is 0 Å². The highest BCUT2D eigenvalue weighted by molar-refractivity contribution is 5.92. The van der Waals surface area contributed by atoms with E-state index in [0.717, 1.165) is 11.1 Å². The Hall–Kier alpha value is -3.28. The molecule has 0 bridgehead atoms. The summed E-state index contributed by atoms with van der Waals surface area (Å²) in [7, 11) is 1.33. The Morgan fingerprint density at radius 3 is 2.67 bits per heavy atom. The molecule has 0 atom stereocenters. The van der Waals surface area contributed by atoms with Gasteiger partial charge in [-0.25, -0.2) is 0 Å². The number of rotatable bonds is 7. The maximum atomic E-state index is 12.7. The van der Waals surface area contributed by atoms with Crippen molar-refractivity contribution in [2.45, 2.75) is 13.0 Å². The largest absolute Gasteiger partial charge is 0.469 e. The second kappa shape index (κ2) is 8.89. The third kappa shape index (κ3) is 5.10. The molecule has 27 heavy (non-hydrogen) atoms. The van der Waals surface area contributed by atoms with Crippen molar-refractivity contribution in [1.29, 1.82) is 0 Å². The molecule has 2 aromatic carbocycles. The van der Waals surface area contributed by atoms with E-state index in [1.807, 2.05) is 48.5 Å². The Bertz CT molecular complexity index is 832. The molecule has 140 valence electrons. The number of benzene rings is 2. The van der Waals surface area contributed by atoms with Crippen LogP contribution in [0.25, 0.3) is 6.08 Å². The number of amides is 1. The van der Waals surface area contributed by atoms with Crippen molar-refractivity contribution in [1.82, 2.24) is 4.90 Å². The number of hydrogen-bond donors (Lipinski definition) is 0. The molecule has 0 saturated heterocycles. The standard InChI is InChI=1S/C21H21NO5/c1-25-21(24)11-12-22(20(23)10-8-16-5-3-2-4-6-16)14-17-7-9-18-19(13-17)27-15-26-18/h2-10,13H,11-12,14-15H2,1H3/b10-8+. The average Bonchev–Trinajstić information content (AvgIpc) is 3.17. The van der Waals surface area contributed by atoms with Crippen molar-refractivity contribution in [2.75, 3.05) is 20.4 Å². The Morgan fingerprint density at radius 1 is 1.11 bits per heavy atom. The number of nitrogens with zero attached hydrogens (tertiary/aromatic N) is 1. The van der Waals surface area contributed by atoms with Gasteiger partial charge in [-0.15, -0.1) is 0 Å². The van der Waals surface area contributed by atoms with Crippen molar-refractivity contribution in [2.24, 2.45) is 0 Å². The number of esters is 1. The fraction of sp³-hybridized carbons (Fsp3) is 0.238. The number of fused-ring (bicyclic) bond motifs is 1. The van der Waals surface area contributed by atoms with Crippen LogP contribution in [0.2, 0.25) is 0 Å². The molecule has 0 fully saturated rings. The van der Waals surface area contributed by atoms with E-state index < -0.39 is 0 Å². The predicted molar refractivity (Wildman–Crippen MR) is 100 cm³/mol. The molecule has 2 aromatic rings. The van der Waals surface area contributed by atoms with Crippen LogP contribution in [0, 0.1) is 0 Å². The quantitative estimate of drug-likeness (QED) is 0.556. The van der Waals surface area contributed by atoms with Crippen LogP contribution in [-0.4, -0.2) is 37.2 Å². The highest BCUT2D eigenvalue weighted by atomic mass is 16.7. The first-order valence-corrected chi connectivity index (χ1v) is 8.63. The fourth-order valence-electron chi connectivity index (χ4n) is 2.69. The maximum Gasteiger partial charge on any atom is 0.307 e. The van der Waals surface area contributed by atoms with Crippen LogP contribution in [-0.2, 0) is 20.9 Å². The van der Waals surface area contributed by atoms with Gasteiger partial charge in [0.1, 0.15) is 0 Å². The molecule has 0 spiro atoms. The molecule has 0 unspecified atom stereocenters.